The summed E-state index contributed by atoms with van der Waals surface area (Å²) in [7, 11) is 0. The van der Waals surface area contributed by atoms with E-state index in [-0.39, 0.29) is 24.7 Å². The van der Waals surface area contributed by atoms with E-state index >= 15 is 0 Å². The Hall–Kier alpha value is -1.99. The van der Waals surface area contributed by atoms with Crippen LogP contribution in [0, 0.1) is 0 Å². The summed E-state index contributed by atoms with van der Waals surface area (Å²) in [6.07, 6.45) is 1.15. The topological polar surface area (TPSA) is 73.1 Å². The van der Waals surface area contributed by atoms with Crippen molar-refractivity contribution in [2.24, 2.45) is 0 Å². The molecule has 0 bridgehead atoms. The minimum absolute atomic E-state index is 0.0232. The number of rotatable bonds is 5. The number of benzene rings is 1. The van der Waals surface area contributed by atoms with E-state index in [1.54, 1.807) is 17.0 Å². The molecule has 24 heavy (non-hydrogen) atoms. The first kappa shape index (κ1) is 16.9. The quantitative estimate of drug-likeness (QED) is 0.825. The van der Waals surface area contributed by atoms with Crippen molar-refractivity contribution in [1.29, 1.82) is 0 Å². The monoisotopic (exact) mass is 349 g/mol. The predicted octanol–water partition coefficient (Wildman–Crippen LogP) is 2.02. The summed E-state index contributed by atoms with van der Waals surface area (Å²) >= 11 is 5.87. The standard InChI is InChI=1S/C16H20ClN5O2/c1-11(2)24-14-7-8-21(9-14)15(23)10-22-19-16(18-20-22)12-3-5-13(17)6-4-12/h3-6,11,14H,7-10H2,1-2H3/t14-/m1/s1. The number of halogens is 1. The number of hydrogen-bond acceptors (Lipinski definition) is 5. The van der Waals surface area contributed by atoms with Crippen LogP contribution in [0.1, 0.15) is 20.3 Å². The molecule has 1 amide bonds. The minimum atomic E-state index is -0.0232. The molecule has 0 saturated carbocycles. The summed E-state index contributed by atoms with van der Waals surface area (Å²) in [6, 6.07) is 7.17. The highest BCUT2D eigenvalue weighted by atomic mass is 35.5. The number of aromatic nitrogens is 4. The molecule has 1 saturated heterocycles. The fourth-order valence-electron chi connectivity index (χ4n) is 2.70. The molecule has 1 aliphatic rings. The molecule has 2 aromatic rings. The summed E-state index contributed by atoms with van der Waals surface area (Å²) in [5.41, 5.74) is 0.810. The van der Waals surface area contributed by atoms with Crippen molar-refractivity contribution >= 4 is 17.5 Å². The summed E-state index contributed by atoms with van der Waals surface area (Å²) in [5, 5.41) is 12.9. The molecule has 3 rings (SSSR count). The van der Waals surface area contributed by atoms with Crippen LogP contribution in [-0.4, -0.2) is 56.3 Å². The lowest BCUT2D eigenvalue weighted by atomic mass is 10.2. The van der Waals surface area contributed by atoms with Crippen LogP contribution >= 0.6 is 11.6 Å². The maximum atomic E-state index is 12.4. The highest BCUT2D eigenvalue weighted by molar-refractivity contribution is 6.30. The van der Waals surface area contributed by atoms with Gasteiger partial charge in [0.2, 0.25) is 11.7 Å². The molecular formula is C16H20ClN5O2. The highest BCUT2D eigenvalue weighted by Gasteiger charge is 2.27. The average molecular weight is 350 g/mol. The summed E-state index contributed by atoms with van der Waals surface area (Å²) in [6.45, 7) is 5.41. The third-order valence-electron chi connectivity index (χ3n) is 3.79. The smallest absolute Gasteiger partial charge is 0.246 e. The van der Waals surface area contributed by atoms with E-state index in [2.05, 4.69) is 15.4 Å². The molecule has 1 aliphatic heterocycles. The van der Waals surface area contributed by atoms with Crippen LogP contribution < -0.4 is 0 Å². The Morgan fingerprint density at radius 1 is 1.38 bits per heavy atom. The van der Waals surface area contributed by atoms with Crippen molar-refractivity contribution in [3.8, 4) is 11.4 Å². The van der Waals surface area contributed by atoms with Gasteiger partial charge in [-0.2, -0.15) is 4.80 Å². The summed E-state index contributed by atoms with van der Waals surface area (Å²) in [4.78, 5) is 15.5. The van der Waals surface area contributed by atoms with Crippen LogP contribution in [0.4, 0.5) is 0 Å². The van der Waals surface area contributed by atoms with Gasteiger partial charge in [0.25, 0.3) is 0 Å². The normalized spacial score (nSPS) is 17.7. The summed E-state index contributed by atoms with van der Waals surface area (Å²) in [5.74, 6) is 0.451. The fraction of sp³-hybridized carbons (Fsp3) is 0.500. The van der Waals surface area contributed by atoms with Crippen molar-refractivity contribution in [1.82, 2.24) is 25.1 Å². The molecule has 8 heteroatoms. The lowest BCUT2D eigenvalue weighted by Gasteiger charge is -2.17. The van der Waals surface area contributed by atoms with Gasteiger partial charge in [0, 0.05) is 23.7 Å². The second-order valence-corrected chi connectivity index (χ2v) is 6.52. The van der Waals surface area contributed by atoms with Crippen LogP contribution in [0.25, 0.3) is 11.4 Å². The molecular weight excluding hydrogens is 330 g/mol. The molecule has 128 valence electrons. The van der Waals surface area contributed by atoms with Gasteiger partial charge in [-0.15, -0.1) is 10.2 Å². The first-order valence-corrected chi connectivity index (χ1v) is 8.36. The van der Waals surface area contributed by atoms with Gasteiger partial charge in [0.15, 0.2) is 0 Å². The highest BCUT2D eigenvalue weighted by Crippen LogP contribution is 2.17. The number of nitrogens with zero attached hydrogens (tertiary/aromatic N) is 5. The molecule has 0 spiro atoms. The van der Waals surface area contributed by atoms with Gasteiger partial charge in [-0.1, -0.05) is 11.6 Å². The molecule has 1 fully saturated rings. The summed E-state index contributed by atoms with van der Waals surface area (Å²) < 4.78 is 5.76. The SMILES string of the molecule is CC(C)O[C@@H]1CCN(C(=O)Cn2nnc(-c3ccc(Cl)cc3)n2)C1. The number of likely N-dealkylation sites (tertiary alicyclic amines) is 1. The first-order chi connectivity index (χ1) is 11.5. The second-order valence-electron chi connectivity index (χ2n) is 6.09. The maximum Gasteiger partial charge on any atom is 0.246 e. The maximum absolute atomic E-state index is 12.4. The average Bonchev–Trinajstić information content (AvgIpc) is 3.17. The van der Waals surface area contributed by atoms with E-state index in [0.29, 0.717) is 23.9 Å². The number of hydrogen-bond donors (Lipinski definition) is 0. The van der Waals surface area contributed by atoms with Crippen molar-refractivity contribution in [2.75, 3.05) is 13.1 Å². The van der Waals surface area contributed by atoms with E-state index in [1.807, 2.05) is 26.0 Å². The molecule has 1 aromatic carbocycles. The van der Waals surface area contributed by atoms with E-state index in [4.69, 9.17) is 16.3 Å². The zero-order valence-electron chi connectivity index (χ0n) is 13.7. The van der Waals surface area contributed by atoms with Crippen molar-refractivity contribution < 1.29 is 9.53 Å². The van der Waals surface area contributed by atoms with E-state index in [1.165, 1.54) is 4.80 Å². The zero-order chi connectivity index (χ0) is 17.1. The number of carbonyl (C=O) groups is 1. The van der Waals surface area contributed by atoms with Gasteiger partial charge >= 0.3 is 0 Å². The molecule has 0 aliphatic carbocycles. The lowest BCUT2D eigenvalue weighted by Crippen LogP contribution is -2.34. The van der Waals surface area contributed by atoms with Crippen molar-refractivity contribution in [3.05, 3.63) is 29.3 Å². The van der Waals surface area contributed by atoms with Crippen LogP contribution in [0.15, 0.2) is 24.3 Å². The largest absolute Gasteiger partial charge is 0.374 e. The Kier molecular flexibility index (Phi) is 5.11. The Morgan fingerprint density at radius 2 is 2.12 bits per heavy atom. The second kappa shape index (κ2) is 7.27. The Morgan fingerprint density at radius 3 is 2.83 bits per heavy atom. The van der Waals surface area contributed by atoms with Crippen LogP contribution in [0.3, 0.4) is 0 Å². The third-order valence-corrected chi connectivity index (χ3v) is 4.05. The number of carbonyl (C=O) groups excluding carboxylic acids is 1. The first-order valence-electron chi connectivity index (χ1n) is 7.98. The third kappa shape index (κ3) is 4.10. The number of amides is 1. The van der Waals surface area contributed by atoms with Gasteiger partial charge in [0.05, 0.1) is 12.2 Å². The molecule has 0 unspecified atom stereocenters. The molecule has 0 N–H and O–H groups in total. The molecule has 0 radical (unpaired) electrons. The van der Waals surface area contributed by atoms with Gasteiger partial charge in [-0.25, -0.2) is 0 Å². The van der Waals surface area contributed by atoms with Crippen molar-refractivity contribution in [2.45, 2.75) is 39.0 Å². The molecule has 1 atom stereocenters. The van der Waals surface area contributed by atoms with E-state index in [0.717, 1.165) is 12.0 Å². The van der Waals surface area contributed by atoms with E-state index in [9.17, 15) is 4.79 Å². The van der Waals surface area contributed by atoms with Gasteiger partial charge in [0.1, 0.15) is 6.54 Å². The van der Waals surface area contributed by atoms with Gasteiger partial charge in [-0.05, 0) is 49.7 Å². The van der Waals surface area contributed by atoms with Crippen LogP contribution in [0.2, 0.25) is 5.02 Å². The molecule has 7 nitrogen and oxygen atoms in total. The number of tetrazole rings is 1. The Balaban J connectivity index is 1.59. The van der Waals surface area contributed by atoms with E-state index < -0.39 is 0 Å². The van der Waals surface area contributed by atoms with Gasteiger partial charge in [-0.3, -0.25) is 4.79 Å². The van der Waals surface area contributed by atoms with Crippen molar-refractivity contribution in [3.63, 3.8) is 0 Å². The zero-order valence-corrected chi connectivity index (χ0v) is 14.5. The molecule has 2 heterocycles. The fourth-order valence-corrected chi connectivity index (χ4v) is 2.82. The Labute approximate surface area is 145 Å². The van der Waals surface area contributed by atoms with Crippen LogP contribution in [-0.2, 0) is 16.1 Å². The molecule has 1 aromatic heterocycles. The minimum Gasteiger partial charge on any atom is -0.374 e. The van der Waals surface area contributed by atoms with Crippen LogP contribution in [0.5, 0.6) is 0 Å². The Bertz CT molecular complexity index is 701. The predicted molar refractivity (Wildman–Crippen MR) is 89.5 cm³/mol. The number of ether oxygens (including phenoxy) is 1. The van der Waals surface area contributed by atoms with Gasteiger partial charge < -0.3 is 9.64 Å². The lowest BCUT2D eigenvalue weighted by molar-refractivity contribution is -0.131.